The Morgan fingerprint density at radius 2 is 1.33 bits per heavy atom. The first-order chi connectivity index (χ1) is 1.73. The first kappa shape index (κ1) is 16.1. The van der Waals surface area contributed by atoms with Gasteiger partial charge in [-0.25, -0.2) is 0 Å². The van der Waals surface area contributed by atoms with E-state index in [0.29, 0.717) is 0 Å². The van der Waals surface area contributed by atoms with E-state index in [1.165, 1.54) is 0 Å². The molecule has 0 saturated carbocycles. The molecule has 0 saturated heterocycles. The van der Waals surface area contributed by atoms with Gasteiger partial charge in [-0.05, 0) is 0 Å². The van der Waals surface area contributed by atoms with Gasteiger partial charge in [-0.2, -0.15) is 0 Å². The fourth-order valence-electron chi connectivity index (χ4n) is 0. The van der Waals surface area contributed by atoms with Crippen molar-refractivity contribution in [2.24, 2.45) is 0 Å². The third-order valence-electron chi connectivity index (χ3n) is 0. The van der Waals surface area contributed by atoms with Crippen molar-refractivity contribution in [2.45, 2.75) is 0 Å². The van der Waals surface area contributed by atoms with Crippen LogP contribution in [0.15, 0.2) is 0 Å². The predicted molar refractivity (Wildman–Crippen MR) is 18.5 cm³/mol. The Morgan fingerprint density at radius 1 is 1.33 bits per heavy atom. The van der Waals surface area contributed by atoms with Gasteiger partial charge in [0.25, 0.3) is 0 Å². The molecule has 0 atom stereocenters. The van der Waals surface area contributed by atoms with Gasteiger partial charge in [-0.15, -0.1) is 0 Å². The molecule has 0 spiro atoms. The van der Waals surface area contributed by atoms with Crippen molar-refractivity contribution in [3.63, 3.8) is 0 Å². The molecule has 6 heavy (non-hydrogen) atoms. The summed E-state index contributed by atoms with van der Waals surface area (Å²) in [5.74, 6) is 0. The zero-order chi connectivity index (χ0) is 3.58. The third kappa shape index (κ3) is 27.1. The molecule has 0 aromatic heterocycles. The van der Waals surface area contributed by atoms with E-state index >= 15 is 0 Å². The van der Waals surface area contributed by atoms with Crippen LogP contribution in [0.25, 0.3) is 0 Å². The minimum atomic E-state index is -2.86. The second-order valence-electron chi connectivity index (χ2n) is 0.217. The first-order valence-electron chi connectivity index (χ1n) is 0.516. The first-order valence-corrected chi connectivity index (χ1v) is 1.55. The van der Waals surface area contributed by atoms with Crippen molar-refractivity contribution in [1.82, 2.24) is 0 Å². The summed E-state index contributed by atoms with van der Waals surface area (Å²) < 4.78 is 24.1. The Hall–Kier alpha value is 3.18. The van der Waals surface area contributed by atoms with Crippen LogP contribution >= 0.6 is 0 Å². The molecule has 0 radical (unpaired) electrons. The van der Waals surface area contributed by atoms with Crippen molar-refractivity contribution in [3.8, 4) is 0 Å². The molecule has 6 heteroatoms. The maximum absolute atomic E-state index is 8.56. The fraction of sp³-hybridized carbons (Fsp3) is 0. The van der Waals surface area contributed by atoms with Crippen molar-refractivity contribution < 1.29 is 64.4 Å². The third-order valence-corrected chi connectivity index (χ3v) is 0. The summed E-state index contributed by atoms with van der Waals surface area (Å²) in [6, 6.07) is 0. The van der Waals surface area contributed by atoms with Crippen LogP contribution in [-0.2, 0) is 19.4 Å². The van der Waals surface area contributed by atoms with Crippen molar-refractivity contribution in [3.05, 3.63) is 0 Å². The summed E-state index contributed by atoms with van der Waals surface area (Å²) in [6.45, 7) is 0. The van der Waals surface area contributed by atoms with Crippen molar-refractivity contribution >= 4 is 62.4 Å². The van der Waals surface area contributed by atoms with Crippen LogP contribution in [0, 0.1) is 0 Å². The van der Waals surface area contributed by atoms with Crippen molar-refractivity contribution in [2.75, 3.05) is 0 Å². The van der Waals surface area contributed by atoms with E-state index in [1.54, 1.807) is 0 Å². The predicted octanol–water partition coefficient (Wildman–Crippen LogP) is -3.88. The Labute approximate surface area is 123 Å². The molecule has 28 valence electrons. The molecule has 0 aromatic rings. The van der Waals surface area contributed by atoms with E-state index < -0.39 is 11.0 Å². The van der Waals surface area contributed by atoms with Crippen LogP contribution < -0.4 is 51.4 Å². The van der Waals surface area contributed by atoms with Gasteiger partial charge >= 0.3 is 103 Å². The van der Waals surface area contributed by atoms with Gasteiger partial charge in [0, 0.05) is 11.0 Å². The Bertz CT molecular complexity index is 57.2. The monoisotopic (exact) mass is 160 g/mol. The van der Waals surface area contributed by atoms with Crippen LogP contribution in [0.2, 0.25) is 0 Å². The molecule has 0 rings (SSSR count). The maximum atomic E-state index is 8.56. The van der Waals surface area contributed by atoms with E-state index in [2.05, 4.69) is 0 Å². The Morgan fingerprint density at radius 3 is 1.33 bits per heavy atom. The van der Waals surface area contributed by atoms with E-state index in [0.717, 1.165) is 0 Å². The molecule has 0 aliphatic rings. The SMILES string of the molecule is O=[S-](=O)O.[K+].[KH]. The molecular formula is H2K2O3S. The molecule has 0 aliphatic heterocycles. The molecule has 3 nitrogen and oxygen atoms in total. The van der Waals surface area contributed by atoms with E-state index in [4.69, 9.17) is 13.0 Å². The van der Waals surface area contributed by atoms with Gasteiger partial charge < -0.3 is 13.0 Å². The van der Waals surface area contributed by atoms with Gasteiger partial charge in [0.1, 0.15) is 0 Å². The van der Waals surface area contributed by atoms with Gasteiger partial charge in [-0.3, -0.25) is 0 Å². The minimum absolute atomic E-state index is 0. The second-order valence-corrected chi connectivity index (χ2v) is 0.651. The number of hydrogen-bond acceptors (Lipinski definition) is 3. The summed E-state index contributed by atoms with van der Waals surface area (Å²) in [5, 5.41) is 0. The van der Waals surface area contributed by atoms with Gasteiger partial charge in [0.2, 0.25) is 0 Å². The zero-order valence-corrected chi connectivity index (χ0v) is 6.61. The zero-order valence-electron chi connectivity index (χ0n) is 2.67. The van der Waals surface area contributed by atoms with Gasteiger partial charge in [0.05, 0.1) is 0 Å². The summed E-state index contributed by atoms with van der Waals surface area (Å²) in [6.07, 6.45) is 0. The second kappa shape index (κ2) is 11.0. The van der Waals surface area contributed by atoms with Crippen molar-refractivity contribution in [1.29, 1.82) is 0 Å². The molecule has 1 N–H and O–H groups in total. The normalized spacial score (nSPS) is 5.67. The van der Waals surface area contributed by atoms with Crippen LogP contribution in [0.3, 0.4) is 0 Å². The Balaban J connectivity index is -0.0000000450. The number of hydrogen-bond donors (Lipinski definition) is 1. The van der Waals surface area contributed by atoms with Crippen LogP contribution in [0.4, 0.5) is 0 Å². The average molecular weight is 160 g/mol. The fourth-order valence-corrected chi connectivity index (χ4v) is 0. The Kier molecular flexibility index (Phi) is 29.6. The quantitative estimate of drug-likeness (QED) is 0.171. The molecule has 0 aromatic carbocycles. The summed E-state index contributed by atoms with van der Waals surface area (Å²) >= 11 is 0. The molecule has 0 bridgehead atoms. The summed E-state index contributed by atoms with van der Waals surface area (Å²) in [4.78, 5) is 0. The van der Waals surface area contributed by atoms with Gasteiger partial charge in [-0.1, -0.05) is 0 Å². The van der Waals surface area contributed by atoms with Crippen LogP contribution in [0.5, 0.6) is 0 Å². The van der Waals surface area contributed by atoms with Crippen LogP contribution in [-0.4, -0.2) is 55.9 Å². The molecular weight excluding hydrogens is 158 g/mol. The van der Waals surface area contributed by atoms with Crippen LogP contribution in [0.1, 0.15) is 0 Å². The van der Waals surface area contributed by atoms with E-state index in [1.807, 2.05) is 0 Å². The summed E-state index contributed by atoms with van der Waals surface area (Å²) in [5.41, 5.74) is 0. The molecule has 0 unspecified atom stereocenters. The topological polar surface area (TPSA) is 54.4 Å². The molecule has 0 aliphatic carbocycles. The molecule has 0 fully saturated rings. The number of rotatable bonds is 0. The molecule has 0 amide bonds. The molecule has 0 heterocycles. The standard InChI is InChI=1S/2K.HO3S.H/c;;1-4(2)3;/h;;(H,1,2,3);/q;+1;-1;. The average Bonchev–Trinajstić information content (AvgIpc) is 0.811. The van der Waals surface area contributed by atoms with E-state index in [9.17, 15) is 0 Å². The summed E-state index contributed by atoms with van der Waals surface area (Å²) in [7, 11) is -2.86. The van der Waals surface area contributed by atoms with E-state index in [-0.39, 0.29) is 103 Å². The van der Waals surface area contributed by atoms with Gasteiger partial charge in [0.15, 0.2) is 0 Å².